The third-order valence-corrected chi connectivity index (χ3v) is 2.25. The van der Waals surface area contributed by atoms with Crippen molar-refractivity contribution >= 4 is 22.5 Å². The number of amides is 1. The van der Waals surface area contributed by atoms with E-state index < -0.39 is 5.91 Å². The molecular formula is C9H7N7O. The summed E-state index contributed by atoms with van der Waals surface area (Å²) in [6.07, 6.45) is 1.68. The number of aromatic nitrogens is 6. The number of rotatable bonds is 2. The summed E-state index contributed by atoms with van der Waals surface area (Å²) in [4.78, 5) is 11.6. The van der Waals surface area contributed by atoms with Gasteiger partial charge in [-0.2, -0.15) is 10.3 Å². The zero-order valence-corrected chi connectivity index (χ0v) is 8.51. The molecule has 3 rings (SSSR count). The third kappa shape index (κ3) is 1.71. The molecule has 0 saturated carbocycles. The number of carbonyl (C=O) groups excluding carboxylic acids is 1. The largest absolute Gasteiger partial charge is 0.319 e. The first-order valence-corrected chi connectivity index (χ1v) is 4.81. The van der Waals surface area contributed by atoms with Crippen LogP contribution in [-0.4, -0.2) is 36.7 Å². The molecule has 1 aromatic carbocycles. The maximum Gasteiger partial charge on any atom is 0.297 e. The number of H-pyrrole nitrogens is 2. The number of fused-ring (bicyclic) bond motifs is 1. The molecule has 2 aromatic heterocycles. The molecule has 0 atom stereocenters. The van der Waals surface area contributed by atoms with Gasteiger partial charge in [-0.3, -0.25) is 9.89 Å². The normalized spacial score (nSPS) is 10.6. The number of aromatic amines is 2. The van der Waals surface area contributed by atoms with Crippen molar-refractivity contribution in [3.05, 3.63) is 30.2 Å². The van der Waals surface area contributed by atoms with Gasteiger partial charge in [0.25, 0.3) is 11.7 Å². The van der Waals surface area contributed by atoms with Crippen molar-refractivity contribution in [3.63, 3.8) is 0 Å². The minimum absolute atomic E-state index is 0.00251. The van der Waals surface area contributed by atoms with Gasteiger partial charge in [-0.25, -0.2) is 0 Å². The Morgan fingerprint density at radius 3 is 3.12 bits per heavy atom. The van der Waals surface area contributed by atoms with Gasteiger partial charge in [-0.15, -0.1) is 10.2 Å². The lowest BCUT2D eigenvalue weighted by Gasteiger charge is -2.01. The predicted octanol–water partition coefficient (Wildman–Crippen LogP) is 0.328. The van der Waals surface area contributed by atoms with E-state index >= 15 is 0 Å². The lowest BCUT2D eigenvalue weighted by Crippen LogP contribution is -2.13. The van der Waals surface area contributed by atoms with Gasteiger partial charge >= 0.3 is 0 Å². The number of anilines is 1. The highest BCUT2D eigenvalue weighted by atomic mass is 16.2. The molecule has 0 fully saturated rings. The van der Waals surface area contributed by atoms with Crippen molar-refractivity contribution in [1.29, 1.82) is 0 Å². The molecular weight excluding hydrogens is 222 g/mol. The molecule has 0 aliphatic carbocycles. The topological polar surface area (TPSA) is 112 Å². The summed E-state index contributed by atoms with van der Waals surface area (Å²) in [5.41, 5.74) is 1.55. The first-order valence-electron chi connectivity index (χ1n) is 4.81. The average molecular weight is 229 g/mol. The van der Waals surface area contributed by atoms with Crippen molar-refractivity contribution in [2.24, 2.45) is 0 Å². The van der Waals surface area contributed by atoms with Crippen LogP contribution in [0.2, 0.25) is 0 Å². The Kier molecular flexibility index (Phi) is 2.04. The van der Waals surface area contributed by atoms with E-state index in [0.717, 1.165) is 10.9 Å². The van der Waals surface area contributed by atoms with Crippen LogP contribution in [0, 0.1) is 0 Å². The number of carbonyl (C=O) groups is 1. The number of hydrogen-bond donors (Lipinski definition) is 3. The monoisotopic (exact) mass is 229 g/mol. The van der Waals surface area contributed by atoms with Crippen molar-refractivity contribution in [1.82, 2.24) is 30.8 Å². The van der Waals surface area contributed by atoms with Gasteiger partial charge in [0.1, 0.15) is 0 Å². The number of benzene rings is 1. The van der Waals surface area contributed by atoms with Crippen LogP contribution in [0.15, 0.2) is 24.4 Å². The molecule has 0 aliphatic rings. The van der Waals surface area contributed by atoms with E-state index in [9.17, 15) is 4.79 Å². The number of nitrogens with zero attached hydrogens (tertiary/aromatic N) is 4. The molecule has 1 amide bonds. The molecule has 0 spiro atoms. The fourth-order valence-electron chi connectivity index (χ4n) is 1.47. The predicted molar refractivity (Wildman–Crippen MR) is 58.2 cm³/mol. The van der Waals surface area contributed by atoms with Gasteiger partial charge in [-0.1, -0.05) is 0 Å². The van der Waals surface area contributed by atoms with Gasteiger partial charge in [0.05, 0.1) is 11.7 Å². The van der Waals surface area contributed by atoms with Gasteiger partial charge in [0.2, 0.25) is 0 Å². The smallest absolute Gasteiger partial charge is 0.297 e. The van der Waals surface area contributed by atoms with Crippen LogP contribution in [0.4, 0.5) is 5.69 Å². The molecule has 8 heteroatoms. The van der Waals surface area contributed by atoms with Crippen molar-refractivity contribution in [2.45, 2.75) is 0 Å². The molecule has 0 bridgehead atoms. The molecule has 8 nitrogen and oxygen atoms in total. The highest BCUT2D eigenvalue weighted by Gasteiger charge is 2.10. The van der Waals surface area contributed by atoms with Crippen LogP contribution in [0.5, 0.6) is 0 Å². The van der Waals surface area contributed by atoms with Crippen molar-refractivity contribution < 1.29 is 4.79 Å². The Hall–Kier alpha value is -2.77. The van der Waals surface area contributed by atoms with Crippen LogP contribution < -0.4 is 5.32 Å². The van der Waals surface area contributed by atoms with Gasteiger partial charge in [-0.05, 0) is 23.4 Å². The van der Waals surface area contributed by atoms with E-state index in [1.54, 1.807) is 18.3 Å². The van der Waals surface area contributed by atoms with Gasteiger partial charge < -0.3 is 5.32 Å². The van der Waals surface area contributed by atoms with Crippen molar-refractivity contribution in [3.8, 4) is 0 Å². The zero-order chi connectivity index (χ0) is 11.7. The number of tetrazole rings is 1. The first kappa shape index (κ1) is 9.46. The van der Waals surface area contributed by atoms with Crippen LogP contribution in [0.25, 0.3) is 10.9 Å². The lowest BCUT2D eigenvalue weighted by atomic mass is 10.2. The lowest BCUT2D eigenvalue weighted by molar-refractivity contribution is 0.101. The van der Waals surface area contributed by atoms with Crippen molar-refractivity contribution in [2.75, 3.05) is 5.32 Å². The van der Waals surface area contributed by atoms with E-state index in [-0.39, 0.29) is 5.82 Å². The first-order chi connectivity index (χ1) is 8.33. The molecule has 17 heavy (non-hydrogen) atoms. The quantitative estimate of drug-likeness (QED) is 0.586. The van der Waals surface area contributed by atoms with Gasteiger partial charge in [0.15, 0.2) is 0 Å². The standard InChI is InChI=1S/C9H7N7O/c17-9(8-13-15-16-14-8)11-6-1-2-7-5(3-6)4-10-12-7/h1-4H,(H,10,12)(H,11,17)(H,13,14,15,16). The van der Waals surface area contributed by atoms with E-state index in [0.29, 0.717) is 5.69 Å². The summed E-state index contributed by atoms with van der Waals surface area (Å²) < 4.78 is 0. The van der Waals surface area contributed by atoms with Gasteiger partial charge in [0, 0.05) is 11.1 Å². The Bertz CT molecular complexity index is 657. The molecule has 2 heterocycles. The molecule has 84 valence electrons. The minimum Gasteiger partial charge on any atom is -0.319 e. The maximum atomic E-state index is 11.6. The summed E-state index contributed by atoms with van der Waals surface area (Å²) in [7, 11) is 0. The summed E-state index contributed by atoms with van der Waals surface area (Å²) in [5.74, 6) is -0.418. The summed E-state index contributed by atoms with van der Waals surface area (Å²) >= 11 is 0. The minimum atomic E-state index is -0.415. The highest BCUT2D eigenvalue weighted by molar-refractivity contribution is 6.02. The fraction of sp³-hybridized carbons (Fsp3) is 0. The third-order valence-electron chi connectivity index (χ3n) is 2.25. The van der Waals surface area contributed by atoms with Crippen LogP contribution in [-0.2, 0) is 0 Å². The van der Waals surface area contributed by atoms with E-state index in [4.69, 9.17) is 0 Å². The molecule has 3 aromatic rings. The maximum absolute atomic E-state index is 11.6. The van der Waals surface area contributed by atoms with E-state index in [2.05, 4.69) is 36.1 Å². The molecule has 3 N–H and O–H groups in total. The second-order valence-corrected chi connectivity index (χ2v) is 3.36. The van der Waals surface area contributed by atoms with Crippen LogP contribution >= 0.6 is 0 Å². The number of nitrogens with one attached hydrogen (secondary N) is 3. The molecule has 0 radical (unpaired) electrons. The van der Waals surface area contributed by atoms with E-state index in [1.807, 2.05) is 6.07 Å². The second kappa shape index (κ2) is 3.67. The average Bonchev–Trinajstić information content (AvgIpc) is 2.99. The number of hydrogen-bond acceptors (Lipinski definition) is 5. The van der Waals surface area contributed by atoms with E-state index in [1.165, 1.54) is 0 Å². The Labute approximate surface area is 94.4 Å². The Balaban J connectivity index is 1.87. The zero-order valence-electron chi connectivity index (χ0n) is 8.51. The van der Waals surface area contributed by atoms with Crippen LogP contribution in [0.3, 0.4) is 0 Å². The van der Waals surface area contributed by atoms with Crippen LogP contribution in [0.1, 0.15) is 10.6 Å². The fourth-order valence-corrected chi connectivity index (χ4v) is 1.47. The highest BCUT2D eigenvalue weighted by Crippen LogP contribution is 2.16. The summed E-state index contributed by atoms with van der Waals surface area (Å²) in [5, 5.41) is 23.0. The Morgan fingerprint density at radius 2 is 2.29 bits per heavy atom. The second-order valence-electron chi connectivity index (χ2n) is 3.36. The molecule has 0 aliphatic heterocycles. The molecule has 0 unspecified atom stereocenters. The Morgan fingerprint density at radius 1 is 1.35 bits per heavy atom. The summed E-state index contributed by atoms with van der Waals surface area (Å²) in [6.45, 7) is 0. The summed E-state index contributed by atoms with van der Waals surface area (Å²) in [6, 6.07) is 5.39. The SMILES string of the molecule is O=C(Nc1ccc2[nH]ncc2c1)c1nn[nH]n1. The molecule has 0 saturated heterocycles.